The summed E-state index contributed by atoms with van der Waals surface area (Å²) in [6, 6.07) is 0.129. The van der Waals surface area contributed by atoms with E-state index in [1.165, 1.54) is 17.5 Å². The number of hydrogen-bond acceptors (Lipinski definition) is 2. The van der Waals surface area contributed by atoms with E-state index in [1.807, 2.05) is 13.8 Å². The maximum atomic E-state index is 6.20. The molecule has 0 aliphatic rings. The Morgan fingerprint density at radius 1 is 1.07 bits per heavy atom. The molecular weight excluding hydrogens is 186 g/mol. The SMILES string of the molecule is Cc1oc(C)c(C(N)CCC(C)C)c1C. The third kappa shape index (κ3) is 2.85. The molecule has 0 radical (unpaired) electrons. The van der Waals surface area contributed by atoms with Crippen LogP contribution >= 0.6 is 0 Å². The molecule has 1 atom stereocenters. The van der Waals surface area contributed by atoms with Crippen LogP contribution in [0.15, 0.2) is 4.42 Å². The lowest BCUT2D eigenvalue weighted by molar-refractivity contribution is 0.480. The lowest BCUT2D eigenvalue weighted by atomic mass is 9.96. The molecule has 1 aromatic heterocycles. The van der Waals surface area contributed by atoms with E-state index in [9.17, 15) is 0 Å². The van der Waals surface area contributed by atoms with Crippen molar-refractivity contribution in [3.8, 4) is 0 Å². The van der Waals surface area contributed by atoms with Gasteiger partial charge >= 0.3 is 0 Å². The van der Waals surface area contributed by atoms with Crippen molar-refractivity contribution in [1.29, 1.82) is 0 Å². The highest BCUT2D eigenvalue weighted by atomic mass is 16.3. The fourth-order valence-corrected chi connectivity index (χ4v) is 2.01. The predicted molar refractivity (Wildman–Crippen MR) is 63.9 cm³/mol. The number of furan rings is 1. The van der Waals surface area contributed by atoms with Crippen LogP contribution in [0.4, 0.5) is 0 Å². The molecule has 0 saturated heterocycles. The summed E-state index contributed by atoms with van der Waals surface area (Å²) >= 11 is 0. The lowest BCUT2D eigenvalue weighted by Gasteiger charge is -2.13. The summed E-state index contributed by atoms with van der Waals surface area (Å²) in [5.74, 6) is 2.70. The summed E-state index contributed by atoms with van der Waals surface area (Å²) in [6.07, 6.45) is 2.21. The minimum Gasteiger partial charge on any atom is -0.466 e. The second kappa shape index (κ2) is 4.84. The molecule has 0 aliphatic heterocycles. The Morgan fingerprint density at radius 2 is 1.67 bits per heavy atom. The average Bonchev–Trinajstić information content (AvgIpc) is 2.37. The van der Waals surface area contributed by atoms with Gasteiger partial charge in [-0.2, -0.15) is 0 Å². The Morgan fingerprint density at radius 3 is 2.07 bits per heavy atom. The third-order valence-corrected chi connectivity index (χ3v) is 3.04. The Kier molecular flexibility index (Phi) is 3.97. The molecule has 1 aromatic rings. The van der Waals surface area contributed by atoms with Crippen molar-refractivity contribution in [3.63, 3.8) is 0 Å². The van der Waals surface area contributed by atoms with Gasteiger partial charge in [0.15, 0.2) is 0 Å². The molecule has 15 heavy (non-hydrogen) atoms. The van der Waals surface area contributed by atoms with Crippen LogP contribution in [-0.4, -0.2) is 0 Å². The minimum atomic E-state index is 0.129. The monoisotopic (exact) mass is 209 g/mol. The maximum absolute atomic E-state index is 6.20. The van der Waals surface area contributed by atoms with Crippen LogP contribution in [0.2, 0.25) is 0 Å². The first-order chi connectivity index (χ1) is 6.93. The number of nitrogens with two attached hydrogens (primary N) is 1. The van der Waals surface area contributed by atoms with Crippen molar-refractivity contribution >= 4 is 0 Å². The van der Waals surface area contributed by atoms with E-state index in [2.05, 4.69) is 20.8 Å². The van der Waals surface area contributed by atoms with Crippen molar-refractivity contribution in [1.82, 2.24) is 0 Å². The summed E-state index contributed by atoms with van der Waals surface area (Å²) in [4.78, 5) is 0. The first-order valence-electron chi connectivity index (χ1n) is 5.75. The summed E-state index contributed by atoms with van der Waals surface area (Å²) in [6.45, 7) is 10.6. The van der Waals surface area contributed by atoms with Gasteiger partial charge in [0, 0.05) is 11.6 Å². The Labute approximate surface area is 92.9 Å². The zero-order chi connectivity index (χ0) is 11.6. The standard InChI is InChI=1S/C13H23NO/c1-8(2)6-7-12(14)13-9(3)10(4)15-11(13)5/h8,12H,6-7,14H2,1-5H3. The lowest BCUT2D eigenvalue weighted by Crippen LogP contribution is -2.12. The van der Waals surface area contributed by atoms with Gasteiger partial charge in [0.2, 0.25) is 0 Å². The molecule has 0 fully saturated rings. The molecule has 2 heteroatoms. The van der Waals surface area contributed by atoms with E-state index in [-0.39, 0.29) is 6.04 Å². The largest absolute Gasteiger partial charge is 0.466 e. The van der Waals surface area contributed by atoms with Crippen LogP contribution in [0.3, 0.4) is 0 Å². The highest BCUT2D eigenvalue weighted by molar-refractivity contribution is 5.33. The Balaban J connectivity index is 2.77. The number of aryl methyl sites for hydroxylation is 2. The average molecular weight is 209 g/mol. The smallest absolute Gasteiger partial charge is 0.106 e. The third-order valence-electron chi connectivity index (χ3n) is 3.04. The van der Waals surface area contributed by atoms with Gasteiger partial charge in [-0.3, -0.25) is 0 Å². The predicted octanol–water partition coefficient (Wildman–Crippen LogP) is 3.64. The number of hydrogen-bond donors (Lipinski definition) is 1. The highest BCUT2D eigenvalue weighted by Crippen LogP contribution is 2.28. The van der Waals surface area contributed by atoms with Gasteiger partial charge in [-0.1, -0.05) is 13.8 Å². The fourth-order valence-electron chi connectivity index (χ4n) is 2.01. The van der Waals surface area contributed by atoms with Crippen molar-refractivity contribution < 1.29 is 4.42 Å². The normalized spacial score (nSPS) is 13.5. The van der Waals surface area contributed by atoms with Crippen LogP contribution in [0, 0.1) is 26.7 Å². The van der Waals surface area contributed by atoms with E-state index in [4.69, 9.17) is 10.2 Å². The molecule has 86 valence electrons. The maximum Gasteiger partial charge on any atom is 0.106 e. The van der Waals surface area contributed by atoms with E-state index >= 15 is 0 Å². The van der Waals surface area contributed by atoms with Crippen LogP contribution < -0.4 is 5.73 Å². The van der Waals surface area contributed by atoms with Crippen molar-refractivity contribution in [2.24, 2.45) is 11.7 Å². The fraction of sp³-hybridized carbons (Fsp3) is 0.692. The van der Waals surface area contributed by atoms with E-state index in [1.54, 1.807) is 0 Å². The van der Waals surface area contributed by atoms with E-state index in [0.717, 1.165) is 17.9 Å². The molecule has 0 amide bonds. The van der Waals surface area contributed by atoms with Crippen LogP contribution in [0.5, 0.6) is 0 Å². The molecule has 1 unspecified atom stereocenters. The van der Waals surface area contributed by atoms with E-state index < -0.39 is 0 Å². The van der Waals surface area contributed by atoms with Crippen LogP contribution in [0.25, 0.3) is 0 Å². The van der Waals surface area contributed by atoms with Crippen molar-refractivity contribution in [2.45, 2.75) is 53.5 Å². The summed E-state index contributed by atoms with van der Waals surface area (Å²) in [5, 5.41) is 0. The summed E-state index contributed by atoms with van der Waals surface area (Å²) in [5.41, 5.74) is 8.64. The minimum absolute atomic E-state index is 0.129. The van der Waals surface area contributed by atoms with Gasteiger partial charge in [-0.15, -0.1) is 0 Å². The van der Waals surface area contributed by atoms with Gasteiger partial charge in [0.05, 0.1) is 0 Å². The molecule has 2 N–H and O–H groups in total. The Hall–Kier alpha value is -0.760. The highest BCUT2D eigenvalue weighted by Gasteiger charge is 2.17. The molecule has 2 nitrogen and oxygen atoms in total. The molecule has 0 bridgehead atoms. The van der Waals surface area contributed by atoms with Gasteiger partial charge in [0.1, 0.15) is 11.5 Å². The summed E-state index contributed by atoms with van der Waals surface area (Å²) < 4.78 is 5.59. The second-order valence-electron chi connectivity index (χ2n) is 4.83. The van der Waals surface area contributed by atoms with E-state index in [0.29, 0.717) is 5.92 Å². The second-order valence-corrected chi connectivity index (χ2v) is 4.83. The van der Waals surface area contributed by atoms with Gasteiger partial charge in [0.25, 0.3) is 0 Å². The first-order valence-corrected chi connectivity index (χ1v) is 5.75. The Bertz CT molecular complexity index is 326. The topological polar surface area (TPSA) is 39.2 Å². The van der Waals surface area contributed by atoms with Crippen LogP contribution in [-0.2, 0) is 0 Å². The molecule has 0 saturated carbocycles. The summed E-state index contributed by atoms with van der Waals surface area (Å²) in [7, 11) is 0. The van der Waals surface area contributed by atoms with Gasteiger partial charge in [-0.05, 0) is 45.1 Å². The molecule has 0 spiro atoms. The first kappa shape index (κ1) is 12.3. The molecule has 0 aliphatic carbocycles. The molecule has 1 heterocycles. The molecular formula is C13H23NO. The van der Waals surface area contributed by atoms with Crippen molar-refractivity contribution in [3.05, 3.63) is 22.6 Å². The van der Waals surface area contributed by atoms with Crippen LogP contribution in [0.1, 0.15) is 55.4 Å². The zero-order valence-electron chi connectivity index (χ0n) is 10.6. The van der Waals surface area contributed by atoms with Crippen molar-refractivity contribution in [2.75, 3.05) is 0 Å². The molecule has 0 aromatic carbocycles. The molecule has 1 rings (SSSR count). The number of rotatable bonds is 4. The van der Waals surface area contributed by atoms with Gasteiger partial charge in [-0.25, -0.2) is 0 Å². The zero-order valence-corrected chi connectivity index (χ0v) is 10.6. The van der Waals surface area contributed by atoms with Gasteiger partial charge < -0.3 is 10.2 Å². The quantitative estimate of drug-likeness (QED) is 0.822.